The van der Waals surface area contributed by atoms with Gasteiger partial charge in [-0.15, -0.1) is 0 Å². The minimum atomic E-state index is -0.741. The molecule has 0 aliphatic rings. The van der Waals surface area contributed by atoms with Crippen LogP contribution >= 0.6 is 11.6 Å². The standard InChI is InChI=1S/C13H8ClN3O4/c1-20-9-2-4-10(5-3-9)21-12-8(6-15)7-16-13(14)11(12)17(18)19/h2-5,7H,1H3. The van der Waals surface area contributed by atoms with Gasteiger partial charge >= 0.3 is 5.69 Å². The van der Waals surface area contributed by atoms with Gasteiger partial charge in [0, 0.05) is 0 Å². The van der Waals surface area contributed by atoms with Crippen molar-refractivity contribution >= 4 is 17.3 Å². The number of ether oxygens (including phenoxy) is 2. The first-order valence-electron chi connectivity index (χ1n) is 5.61. The van der Waals surface area contributed by atoms with Gasteiger partial charge in [-0.1, -0.05) is 11.6 Å². The molecule has 0 aliphatic carbocycles. The summed E-state index contributed by atoms with van der Waals surface area (Å²) in [6, 6.07) is 8.13. The van der Waals surface area contributed by atoms with Gasteiger partial charge in [-0.25, -0.2) is 4.98 Å². The number of benzene rings is 1. The van der Waals surface area contributed by atoms with Crippen LogP contribution in [0.2, 0.25) is 5.15 Å². The molecule has 7 nitrogen and oxygen atoms in total. The van der Waals surface area contributed by atoms with E-state index in [4.69, 9.17) is 26.3 Å². The SMILES string of the molecule is COc1ccc(Oc2c(C#N)cnc(Cl)c2[N+](=O)[O-])cc1. The molecule has 0 saturated heterocycles. The third-order valence-corrected chi connectivity index (χ3v) is 2.82. The molecule has 8 heteroatoms. The number of nitro groups is 1. The highest BCUT2D eigenvalue weighted by molar-refractivity contribution is 6.31. The summed E-state index contributed by atoms with van der Waals surface area (Å²) in [6.07, 6.45) is 1.12. The van der Waals surface area contributed by atoms with Crippen molar-refractivity contribution in [2.24, 2.45) is 0 Å². The Balaban J connectivity index is 2.49. The lowest BCUT2D eigenvalue weighted by Gasteiger charge is -2.08. The Morgan fingerprint density at radius 1 is 1.33 bits per heavy atom. The Kier molecular flexibility index (Phi) is 4.21. The quantitative estimate of drug-likeness (QED) is 0.488. The van der Waals surface area contributed by atoms with E-state index in [2.05, 4.69) is 4.98 Å². The Hall–Kier alpha value is -2.85. The van der Waals surface area contributed by atoms with E-state index in [0.29, 0.717) is 11.5 Å². The van der Waals surface area contributed by atoms with Crippen LogP contribution in [0.15, 0.2) is 30.5 Å². The first-order chi connectivity index (χ1) is 10.1. The van der Waals surface area contributed by atoms with Crippen molar-refractivity contribution in [3.05, 3.63) is 51.3 Å². The molecule has 106 valence electrons. The van der Waals surface area contributed by atoms with E-state index in [1.807, 2.05) is 0 Å². The first kappa shape index (κ1) is 14.6. The van der Waals surface area contributed by atoms with Crippen molar-refractivity contribution in [1.29, 1.82) is 5.26 Å². The number of nitriles is 1. The van der Waals surface area contributed by atoms with Crippen LogP contribution in [0.5, 0.6) is 17.2 Å². The second-order valence-electron chi connectivity index (χ2n) is 3.79. The van der Waals surface area contributed by atoms with Crippen molar-refractivity contribution in [3.63, 3.8) is 0 Å². The number of hydrogen-bond donors (Lipinski definition) is 0. The Labute approximate surface area is 124 Å². The molecule has 0 atom stereocenters. The summed E-state index contributed by atoms with van der Waals surface area (Å²) in [5.41, 5.74) is -0.631. The van der Waals surface area contributed by atoms with Gasteiger partial charge in [0.15, 0.2) is 0 Å². The van der Waals surface area contributed by atoms with E-state index in [1.165, 1.54) is 7.11 Å². The normalized spacial score (nSPS) is 9.76. The van der Waals surface area contributed by atoms with Crippen molar-refractivity contribution in [3.8, 4) is 23.3 Å². The smallest absolute Gasteiger partial charge is 0.349 e. The molecule has 1 aromatic carbocycles. The molecule has 0 aliphatic heterocycles. The highest BCUT2D eigenvalue weighted by Gasteiger charge is 2.26. The monoisotopic (exact) mass is 305 g/mol. The van der Waals surface area contributed by atoms with E-state index in [0.717, 1.165) is 6.20 Å². The summed E-state index contributed by atoms with van der Waals surface area (Å²) >= 11 is 5.71. The zero-order valence-corrected chi connectivity index (χ0v) is 11.5. The molecular formula is C13H8ClN3O4. The lowest BCUT2D eigenvalue weighted by atomic mass is 10.2. The lowest BCUT2D eigenvalue weighted by Crippen LogP contribution is -1.99. The van der Waals surface area contributed by atoms with E-state index in [-0.39, 0.29) is 16.5 Å². The highest BCUT2D eigenvalue weighted by Crippen LogP contribution is 2.38. The molecule has 2 aromatic rings. The van der Waals surface area contributed by atoms with Gasteiger partial charge in [0.1, 0.15) is 23.1 Å². The number of pyridine rings is 1. The predicted octanol–water partition coefficient (Wildman–Crippen LogP) is 3.32. The van der Waals surface area contributed by atoms with Crippen molar-refractivity contribution in [2.45, 2.75) is 0 Å². The third kappa shape index (κ3) is 3.01. The van der Waals surface area contributed by atoms with Gasteiger partial charge in [-0.2, -0.15) is 5.26 Å². The molecule has 0 N–H and O–H groups in total. The molecular weight excluding hydrogens is 298 g/mol. The summed E-state index contributed by atoms with van der Waals surface area (Å²) in [5.74, 6) is 0.662. The fourth-order valence-electron chi connectivity index (χ4n) is 1.57. The Morgan fingerprint density at radius 2 is 1.95 bits per heavy atom. The maximum absolute atomic E-state index is 11.1. The first-order valence-corrected chi connectivity index (χ1v) is 5.99. The van der Waals surface area contributed by atoms with E-state index in [9.17, 15) is 10.1 Å². The summed E-state index contributed by atoms with van der Waals surface area (Å²) in [7, 11) is 1.51. The third-order valence-electron chi connectivity index (χ3n) is 2.54. The molecule has 1 aromatic heterocycles. The van der Waals surface area contributed by atoms with E-state index in [1.54, 1.807) is 30.3 Å². The molecule has 1 heterocycles. The molecule has 0 radical (unpaired) electrons. The molecule has 21 heavy (non-hydrogen) atoms. The molecule has 0 amide bonds. The summed E-state index contributed by atoms with van der Waals surface area (Å²) < 4.78 is 10.4. The van der Waals surface area contributed by atoms with Gasteiger partial charge in [0.05, 0.1) is 18.2 Å². The number of hydrogen-bond acceptors (Lipinski definition) is 6. The average molecular weight is 306 g/mol. The van der Waals surface area contributed by atoms with Crippen molar-refractivity contribution in [1.82, 2.24) is 4.98 Å². The van der Waals surface area contributed by atoms with Crippen molar-refractivity contribution in [2.75, 3.05) is 7.11 Å². The van der Waals surface area contributed by atoms with Crippen LogP contribution < -0.4 is 9.47 Å². The van der Waals surface area contributed by atoms with Crippen LogP contribution in [-0.2, 0) is 0 Å². The summed E-state index contributed by atoms with van der Waals surface area (Å²) in [5, 5.41) is 19.7. The molecule has 0 saturated carbocycles. The van der Waals surface area contributed by atoms with Crippen LogP contribution in [0.4, 0.5) is 5.69 Å². The number of halogens is 1. The molecule has 0 spiro atoms. The maximum Gasteiger partial charge on any atom is 0.349 e. The van der Waals surface area contributed by atoms with Crippen LogP contribution in [0, 0.1) is 21.4 Å². The van der Waals surface area contributed by atoms with Gasteiger partial charge in [0.25, 0.3) is 0 Å². The highest BCUT2D eigenvalue weighted by atomic mass is 35.5. The zero-order valence-electron chi connectivity index (χ0n) is 10.7. The topological polar surface area (TPSA) is 98.3 Å². The number of aromatic nitrogens is 1. The number of methoxy groups -OCH3 is 1. The lowest BCUT2D eigenvalue weighted by molar-refractivity contribution is -0.385. The molecule has 2 rings (SSSR count). The predicted molar refractivity (Wildman–Crippen MR) is 73.7 cm³/mol. The number of rotatable bonds is 4. The Bertz CT molecular complexity index is 725. The van der Waals surface area contributed by atoms with Gasteiger partial charge in [-0.05, 0) is 24.3 Å². The fraction of sp³-hybridized carbons (Fsp3) is 0.0769. The summed E-state index contributed by atoms with van der Waals surface area (Å²) in [4.78, 5) is 13.9. The number of nitrogens with zero attached hydrogens (tertiary/aromatic N) is 3. The van der Waals surface area contributed by atoms with E-state index >= 15 is 0 Å². The van der Waals surface area contributed by atoms with Gasteiger partial charge in [-0.3, -0.25) is 10.1 Å². The second kappa shape index (κ2) is 6.07. The largest absolute Gasteiger partial charge is 0.497 e. The van der Waals surface area contributed by atoms with Crippen LogP contribution in [0.25, 0.3) is 0 Å². The molecule has 0 fully saturated rings. The van der Waals surface area contributed by atoms with E-state index < -0.39 is 10.6 Å². The zero-order chi connectivity index (χ0) is 15.4. The molecule has 0 bridgehead atoms. The van der Waals surface area contributed by atoms with Crippen LogP contribution in [0.1, 0.15) is 5.56 Å². The van der Waals surface area contributed by atoms with Gasteiger partial charge in [0.2, 0.25) is 10.9 Å². The van der Waals surface area contributed by atoms with Crippen molar-refractivity contribution < 1.29 is 14.4 Å². The summed E-state index contributed by atoms with van der Waals surface area (Å²) in [6.45, 7) is 0. The minimum Gasteiger partial charge on any atom is -0.497 e. The fourth-order valence-corrected chi connectivity index (χ4v) is 1.77. The Morgan fingerprint density at radius 3 is 2.48 bits per heavy atom. The second-order valence-corrected chi connectivity index (χ2v) is 4.14. The molecule has 0 unspecified atom stereocenters. The van der Waals surface area contributed by atoms with Gasteiger partial charge < -0.3 is 9.47 Å². The van der Waals surface area contributed by atoms with Crippen LogP contribution in [-0.4, -0.2) is 17.0 Å². The minimum absolute atomic E-state index is 0.0816. The average Bonchev–Trinajstić information content (AvgIpc) is 2.48. The maximum atomic E-state index is 11.1. The van der Waals surface area contributed by atoms with Crippen LogP contribution in [0.3, 0.4) is 0 Å².